The lowest BCUT2D eigenvalue weighted by molar-refractivity contribution is -0.274. The maximum Gasteiger partial charge on any atom is 0.573 e. The summed E-state index contributed by atoms with van der Waals surface area (Å²) in [5.74, 6) is 9.25. The summed E-state index contributed by atoms with van der Waals surface area (Å²) in [6.07, 6.45) is 16.0. The zero-order valence-corrected chi connectivity index (χ0v) is 19.3. The molecule has 0 aliphatic heterocycles. The van der Waals surface area contributed by atoms with Crippen LogP contribution < -0.4 is 4.74 Å². The Balaban J connectivity index is 1.32. The second kappa shape index (κ2) is 12.4. The average Bonchev–Trinajstić information content (AvgIpc) is 2.77. The monoisotopic (exact) mass is 446 g/mol. The lowest BCUT2D eigenvalue weighted by atomic mass is 9.75. The fourth-order valence-electron chi connectivity index (χ4n) is 5.41. The van der Waals surface area contributed by atoms with Crippen LogP contribution in [0, 0.1) is 35.5 Å². The predicted molar refractivity (Wildman–Crippen MR) is 124 cm³/mol. The van der Waals surface area contributed by atoms with Gasteiger partial charge in [0, 0.05) is 5.56 Å². The van der Waals surface area contributed by atoms with Gasteiger partial charge in [0.2, 0.25) is 0 Å². The maximum atomic E-state index is 12.2. The predicted octanol–water partition coefficient (Wildman–Crippen LogP) is 8.69. The van der Waals surface area contributed by atoms with Gasteiger partial charge in [-0.1, -0.05) is 76.2 Å². The van der Waals surface area contributed by atoms with Crippen molar-refractivity contribution >= 4 is 0 Å². The van der Waals surface area contributed by atoms with Crippen LogP contribution in [0.25, 0.3) is 0 Å². The molecule has 0 amide bonds. The van der Waals surface area contributed by atoms with Crippen molar-refractivity contribution in [1.82, 2.24) is 0 Å². The van der Waals surface area contributed by atoms with Crippen molar-refractivity contribution in [3.05, 3.63) is 42.0 Å². The number of hydrogen-bond acceptors (Lipinski definition) is 1. The molecule has 0 N–H and O–H groups in total. The van der Waals surface area contributed by atoms with Crippen LogP contribution in [0.4, 0.5) is 13.2 Å². The Morgan fingerprint density at radius 2 is 1.38 bits per heavy atom. The molecule has 0 spiro atoms. The van der Waals surface area contributed by atoms with Crippen LogP contribution >= 0.6 is 0 Å². The molecule has 3 rings (SSSR count). The highest BCUT2D eigenvalue weighted by molar-refractivity contribution is 5.40. The lowest BCUT2D eigenvalue weighted by Gasteiger charge is -2.31. The molecule has 0 aromatic heterocycles. The first-order valence-corrected chi connectivity index (χ1v) is 12.4. The molecule has 4 heteroatoms. The van der Waals surface area contributed by atoms with E-state index >= 15 is 0 Å². The number of halogens is 3. The minimum atomic E-state index is -4.66. The minimum Gasteiger partial charge on any atom is -0.406 e. The zero-order valence-electron chi connectivity index (χ0n) is 19.3. The first-order valence-electron chi connectivity index (χ1n) is 12.4. The normalized spacial score (nSPS) is 26.5. The molecule has 2 saturated carbocycles. The van der Waals surface area contributed by atoms with E-state index in [0.29, 0.717) is 11.5 Å². The van der Waals surface area contributed by atoms with Crippen LogP contribution in [0.15, 0.2) is 36.4 Å². The summed E-state index contributed by atoms with van der Waals surface area (Å²) in [6, 6.07) is 5.67. The van der Waals surface area contributed by atoms with Crippen LogP contribution in [0.2, 0.25) is 0 Å². The summed E-state index contributed by atoms with van der Waals surface area (Å²) in [5.41, 5.74) is 0.677. The molecule has 2 aliphatic rings. The van der Waals surface area contributed by atoms with Gasteiger partial charge >= 0.3 is 6.36 Å². The third-order valence-corrected chi connectivity index (χ3v) is 7.29. The minimum absolute atomic E-state index is 0.223. The number of benzene rings is 1. The fourth-order valence-corrected chi connectivity index (χ4v) is 5.41. The highest BCUT2D eigenvalue weighted by atomic mass is 19.4. The van der Waals surface area contributed by atoms with Gasteiger partial charge in [-0.2, -0.15) is 0 Å². The smallest absolute Gasteiger partial charge is 0.406 e. The van der Waals surface area contributed by atoms with E-state index in [1.807, 2.05) is 6.08 Å². The summed E-state index contributed by atoms with van der Waals surface area (Å²) in [7, 11) is 0. The SMILES string of the molecule is CCCC1CCC(CCC2CCC(C=CC#Cc3ccc(OC(F)(F)F)cc3)CC2)CC1. The Morgan fingerprint density at radius 3 is 1.91 bits per heavy atom. The second-order valence-corrected chi connectivity index (χ2v) is 9.73. The zero-order chi connectivity index (χ0) is 22.8. The van der Waals surface area contributed by atoms with E-state index in [4.69, 9.17) is 0 Å². The van der Waals surface area contributed by atoms with E-state index < -0.39 is 6.36 Å². The number of ether oxygens (including phenoxy) is 1. The highest BCUT2D eigenvalue weighted by Gasteiger charge is 2.31. The van der Waals surface area contributed by atoms with Crippen LogP contribution in [-0.4, -0.2) is 6.36 Å². The Bertz CT molecular complexity index is 753. The number of rotatable bonds is 7. The third kappa shape index (κ3) is 8.93. The Morgan fingerprint density at radius 1 is 0.844 bits per heavy atom. The molecule has 0 heterocycles. The topological polar surface area (TPSA) is 9.23 Å². The molecule has 176 valence electrons. The van der Waals surface area contributed by atoms with Crippen molar-refractivity contribution in [2.75, 3.05) is 0 Å². The van der Waals surface area contributed by atoms with E-state index in [0.717, 1.165) is 17.8 Å². The number of hydrogen-bond donors (Lipinski definition) is 0. The Kier molecular flexibility index (Phi) is 9.57. The molecule has 32 heavy (non-hydrogen) atoms. The molecule has 0 unspecified atom stereocenters. The molecule has 2 fully saturated rings. The average molecular weight is 447 g/mol. The second-order valence-electron chi connectivity index (χ2n) is 9.73. The van der Waals surface area contributed by atoms with Crippen molar-refractivity contribution in [3.8, 4) is 17.6 Å². The van der Waals surface area contributed by atoms with Crippen LogP contribution in [0.1, 0.15) is 89.5 Å². The largest absolute Gasteiger partial charge is 0.573 e. The van der Waals surface area contributed by atoms with Crippen LogP contribution in [0.5, 0.6) is 5.75 Å². The molecule has 1 nitrogen and oxygen atoms in total. The van der Waals surface area contributed by atoms with Gasteiger partial charge in [0.25, 0.3) is 0 Å². The van der Waals surface area contributed by atoms with Crippen molar-refractivity contribution in [2.45, 2.75) is 90.3 Å². The van der Waals surface area contributed by atoms with Gasteiger partial charge < -0.3 is 4.74 Å². The van der Waals surface area contributed by atoms with Gasteiger partial charge in [-0.05, 0) is 79.7 Å². The van der Waals surface area contributed by atoms with Gasteiger partial charge in [0.05, 0.1) is 0 Å². The van der Waals surface area contributed by atoms with Crippen molar-refractivity contribution < 1.29 is 17.9 Å². The van der Waals surface area contributed by atoms with Gasteiger partial charge in [0.15, 0.2) is 0 Å². The molecule has 1 aromatic carbocycles. The van der Waals surface area contributed by atoms with Gasteiger partial charge in [-0.3, -0.25) is 0 Å². The summed E-state index contributed by atoms with van der Waals surface area (Å²) in [5, 5.41) is 0. The van der Waals surface area contributed by atoms with Crippen LogP contribution in [0.3, 0.4) is 0 Å². The maximum absolute atomic E-state index is 12.2. The summed E-state index contributed by atoms with van der Waals surface area (Å²) in [4.78, 5) is 0. The molecule has 0 atom stereocenters. The van der Waals surface area contributed by atoms with E-state index in [9.17, 15) is 13.2 Å². The molecule has 0 bridgehead atoms. The van der Waals surface area contributed by atoms with Gasteiger partial charge in [-0.15, -0.1) is 13.2 Å². The van der Waals surface area contributed by atoms with Crippen LogP contribution in [-0.2, 0) is 0 Å². The van der Waals surface area contributed by atoms with Gasteiger partial charge in [0.1, 0.15) is 5.75 Å². The fraction of sp³-hybridized carbons (Fsp3) is 0.643. The summed E-state index contributed by atoms with van der Waals surface area (Å²) < 4.78 is 40.5. The number of alkyl halides is 3. The Labute approximate surface area is 191 Å². The molecule has 2 aliphatic carbocycles. The molecule has 0 saturated heterocycles. The van der Waals surface area contributed by atoms with E-state index in [2.05, 4.69) is 29.6 Å². The standard InChI is InChI=1S/C28H37F3O/c1-2-5-22-8-12-25(13-9-22)16-17-26-14-10-23(11-15-26)6-3-4-7-24-18-20-27(21-19-24)32-28(29,30)31/h3,6,18-23,25-26H,2,5,8-17H2,1H3. The molecular formula is C28H37F3O. The summed E-state index contributed by atoms with van der Waals surface area (Å²) in [6.45, 7) is 2.31. The molecule has 0 radical (unpaired) electrons. The highest BCUT2D eigenvalue weighted by Crippen LogP contribution is 2.37. The van der Waals surface area contributed by atoms with E-state index in [1.165, 1.54) is 89.2 Å². The van der Waals surface area contributed by atoms with E-state index in [-0.39, 0.29) is 5.75 Å². The molecule has 1 aromatic rings. The van der Waals surface area contributed by atoms with Crippen molar-refractivity contribution in [2.24, 2.45) is 23.7 Å². The van der Waals surface area contributed by atoms with Crippen molar-refractivity contribution in [3.63, 3.8) is 0 Å². The third-order valence-electron chi connectivity index (χ3n) is 7.29. The van der Waals surface area contributed by atoms with E-state index in [1.54, 1.807) is 12.1 Å². The molecular weight excluding hydrogens is 409 g/mol. The van der Waals surface area contributed by atoms with Crippen molar-refractivity contribution in [1.29, 1.82) is 0 Å². The number of allylic oxidation sites excluding steroid dienone is 2. The lowest BCUT2D eigenvalue weighted by Crippen LogP contribution is -2.17. The quantitative estimate of drug-likeness (QED) is 0.381. The first-order chi connectivity index (χ1) is 15.4. The summed E-state index contributed by atoms with van der Waals surface area (Å²) >= 11 is 0. The first kappa shape index (κ1) is 24.7. The van der Waals surface area contributed by atoms with Gasteiger partial charge in [-0.25, -0.2) is 0 Å². The Hall–Kier alpha value is -1.89.